The quantitative estimate of drug-likeness (QED) is 0.873. The zero-order chi connectivity index (χ0) is 16.6. The summed E-state index contributed by atoms with van der Waals surface area (Å²) >= 11 is 5.96. The van der Waals surface area contributed by atoms with Crippen LogP contribution in [0.25, 0.3) is 0 Å². The van der Waals surface area contributed by atoms with Gasteiger partial charge in [0.15, 0.2) is 9.84 Å². The summed E-state index contributed by atoms with van der Waals surface area (Å²) in [6.07, 6.45) is 1.84. The second-order valence-corrected chi connectivity index (χ2v) is 8.27. The van der Waals surface area contributed by atoms with Crippen molar-refractivity contribution in [3.8, 4) is 5.75 Å². The van der Waals surface area contributed by atoms with Gasteiger partial charge >= 0.3 is 0 Å². The molecule has 1 heterocycles. The second-order valence-electron chi connectivity index (χ2n) is 5.85. The number of nitrogens with one attached hydrogen (secondary N) is 1. The lowest BCUT2D eigenvalue weighted by Crippen LogP contribution is -2.20. The van der Waals surface area contributed by atoms with Crippen molar-refractivity contribution >= 4 is 21.4 Å². The number of halogens is 1. The third-order valence-corrected chi connectivity index (χ3v) is 5.57. The maximum absolute atomic E-state index is 11.8. The fourth-order valence-corrected chi connectivity index (χ4v) is 3.96. The van der Waals surface area contributed by atoms with Crippen molar-refractivity contribution in [3.63, 3.8) is 0 Å². The Morgan fingerprint density at radius 1 is 1.22 bits per heavy atom. The lowest BCUT2D eigenvalue weighted by atomic mass is 9.88. The van der Waals surface area contributed by atoms with Gasteiger partial charge in [-0.2, -0.15) is 0 Å². The molecule has 0 saturated carbocycles. The number of hydrogen-bond acceptors (Lipinski definition) is 4. The number of phenols is 1. The SMILES string of the molecule is CS(=O)(=O)c1cc2c(cc1O)C(c1ccc(Cl)cc1)CNCC2. The molecule has 1 unspecified atom stereocenters. The third kappa shape index (κ3) is 3.37. The van der Waals surface area contributed by atoms with Crippen molar-refractivity contribution in [2.45, 2.75) is 17.2 Å². The van der Waals surface area contributed by atoms with Crippen LogP contribution < -0.4 is 5.32 Å². The van der Waals surface area contributed by atoms with Gasteiger partial charge in [0.05, 0.1) is 0 Å². The van der Waals surface area contributed by atoms with E-state index in [-0.39, 0.29) is 16.6 Å². The molecule has 2 aromatic rings. The van der Waals surface area contributed by atoms with Crippen LogP contribution >= 0.6 is 11.6 Å². The molecule has 1 aliphatic rings. The first-order chi connectivity index (χ1) is 10.9. The van der Waals surface area contributed by atoms with Crippen LogP contribution in [0.15, 0.2) is 41.3 Å². The Balaban J connectivity index is 2.14. The standard InChI is InChI=1S/C17H18ClNO3S/c1-23(21,22)17-8-12-6-7-19-10-15(14(12)9-16(17)20)11-2-4-13(18)5-3-11/h2-5,8-9,15,19-20H,6-7,10H2,1H3. The van der Waals surface area contributed by atoms with Crippen molar-refractivity contribution in [2.24, 2.45) is 0 Å². The molecule has 0 spiro atoms. The van der Waals surface area contributed by atoms with Crippen LogP contribution in [0.4, 0.5) is 0 Å². The molecule has 0 aliphatic carbocycles. The van der Waals surface area contributed by atoms with Crippen molar-refractivity contribution in [1.29, 1.82) is 0 Å². The van der Waals surface area contributed by atoms with Gasteiger partial charge < -0.3 is 10.4 Å². The highest BCUT2D eigenvalue weighted by Gasteiger charge is 2.24. The molecule has 23 heavy (non-hydrogen) atoms. The number of fused-ring (bicyclic) bond motifs is 1. The molecule has 0 amide bonds. The van der Waals surface area contributed by atoms with Gasteiger partial charge in [-0.25, -0.2) is 8.42 Å². The summed E-state index contributed by atoms with van der Waals surface area (Å²) in [6.45, 7) is 1.50. The molecule has 6 heteroatoms. The maximum Gasteiger partial charge on any atom is 0.179 e. The van der Waals surface area contributed by atoms with E-state index in [4.69, 9.17) is 11.6 Å². The highest BCUT2D eigenvalue weighted by molar-refractivity contribution is 7.90. The van der Waals surface area contributed by atoms with Crippen LogP contribution in [0, 0.1) is 0 Å². The van der Waals surface area contributed by atoms with E-state index in [2.05, 4.69) is 5.32 Å². The van der Waals surface area contributed by atoms with Gasteiger partial charge in [0.25, 0.3) is 0 Å². The van der Waals surface area contributed by atoms with E-state index in [0.29, 0.717) is 5.02 Å². The van der Waals surface area contributed by atoms with Crippen LogP contribution in [-0.2, 0) is 16.3 Å². The molecule has 0 radical (unpaired) electrons. The number of aromatic hydroxyl groups is 1. The maximum atomic E-state index is 11.8. The molecule has 0 fully saturated rings. The van der Waals surface area contributed by atoms with E-state index in [1.807, 2.05) is 24.3 Å². The molecule has 2 N–H and O–H groups in total. The Hall–Kier alpha value is -1.56. The Bertz CT molecular complexity index is 832. The van der Waals surface area contributed by atoms with E-state index in [1.54, 1.807) is 12.1 Å². The van der Waals surface area contributed by atoms with Gasteiger partial charge in [-0.1, -0.05) is 23.7 Å². The van der Waals surface area contributed by atoms with Crippen LogP contribution in [0.5, 0.6) is 5.75 Å². The summed E-state index contributed by atoms with van der Waals surface area (Å²) in [5.41, 5.74) is 2.99. The van der Waals surface area contributed by atoms with Crippen LogP contribution in [0.1, 0.15) is 22.6 Å². The van der Waals surface area contributed by atoms with E-state index in [1.165, 1.54) is 0 Å². The number of hydrogen-bond donors (Lipinski definition) is 2. The normalized spacial score (nSPS) is 18.3. The molecule has 0 saturated heterocycles. The molecule has 0 bridgehead atoms. The predicted molar refractivity (Wildman–Crippen MR) is 91.1 cm³/mol. The average Bonchev–Trinajstić information content (AvgIpc) is 2.68. The zero-order valence-electron chi connectivity index (χ0n) is 12.7. The number of benzene rings is 2. The van der Waals surface area contributed by atoms with Crippen molar-refractivity contribution in [2.75, 3.05) is 19.3 Å². The summed E-state index contributed by atoms with van der Waals surface area (Å²) in [6, 6.07) is 10.8. The molecular weight excluding hydrogens is 334 g/mol. The fourth-order valence-electron chi connectivity index (χ4n) is 3.04. The molecule has 1 atom stereocenters. The minimum atomic E-state index is -3.45. The summed E-state index contributed by atoms with van der Waals surface area (Å²) in [7, 11) is -3.45. The lowest BCUT2D eigenvalue weighted by molar-refractivity contribution is 0.457. The molecule has 0 aromatic heterocycles. The first kappa shape index (κ1) is 16.3. The number of sulfone groups is 1. The van der Waals surface area contributed by atoms with Gasteiger partial charge in [-0.3, -0.25) is 0 Å². The van der Waals surface area contributed by atoms with Crippen molar-refractivity contribution in [3.05, 3.63) is 58.1 Å². The first-order valence-corrected chi connectivity index (χ1v) is 9.65. The number of phenolic OH excluding ortho intramolecular Hbond substituents is 1. The van der Waals surface area contributed by atoms with E-state index in [9.17, 15) is 13.5 Å². The smallest absolute Gasteiger partial charge is 0.179 e. The minimum absolute atomic E-state index is 0.00648. The highest BCUT2D eigenvalue weighted by Crippen LogP contribution is 2.35. The molecule has 4 nitrogen and oxygen atoms in total. The summed E-state index contributed by atoms with van der Waals surface area (Å²) < 4.78 is 23.6. The largest absolute Gasteiger partial charge is 0.507 e. The Labute approximate surface area is 141 Å². The molecular formula is C17H18ClNO3S. The van der Waals surface area contributed by atoms with Gasteiger partial charge in [0.2, 0.25) is 0 Å². The van der Waals surface area contributed by atoms with Gasteiger partial charge in [0, 0.05) is 23.7 Å². The van der Waals surface area contributed by atoms with Gasteiger partial charge in [-0.15, -0.1) is 0 Å². The average molecular weight is 352 g/mol. The highest BCUT2D eigenvalue weighted by atomic mass is 35.5. The molecule has 2 aromatic carbocycles. The van der Waals surface area contributed by atoms with Gasteiger partial charge in [-0.05, 0) is 53.9 Å². The van der Waals surface area contributed by atoms with E-state index in [0.717, 1.165) is 42.5 Å². The first-order valence-electron chi connectivity index (χ1n) is 7.38. The zero-order valence-corrected chi connectivity index (χ0v) is 14.3. The Kier molecular flexibility index (Phi) is 4.36. The predicted octanol–water partition coefficient (Wildman–Crippen LogP) is 2.73. The van der Waals surface area contributed by atoms with Gasteiger partial charge in [0.1, 0.15) is 10.6 Å². The second kappa shape index (κ2) is 6.15. The van der Waals surface area contributed by atoms with Crippen LogP contribution in [0.2, 0.25) is 5.02 Å². The van der Waals surface area contributed by atoms with Crippen molar-refractivity contribution < 1.29 is 13.5 Å². The fraction of sp³-hybridized carbons (Fsp3) is 0.294. The van der Waals surface area contributed by atoms with Crippen molar-refractivity contribution in [1.82, 2.24) is 5.32 Å². The molecule has 3 rings (SSSR count). The summed E-state index contributed by atoms with van der Waals surface area (Å²) in [4.78, 5) is -0.00648. The molecule has 1 aliphatic heterocycles. The summed E-state index contributed by atoms with van der Waals surface area (Å²) in [5.74, 6) is -0.142. The Morgan fingerprint density at radius 2 is 1.91 bits per heavy atom. The molecule has 122 valence electrons. The number of rotatable bonds is 2. The Morgan fingerprint density at radius 3 is 2.57 bits per heavy atom. The van der Waals surface area contributed by atoms with Crippen LogP contribution in [-0.4, -0.2) is 32.9 Å². The minimum Gasteiger partial charge on any atom is -0.507 e. The lowest BCUT2D eigenvalue weighted by Gasteiger charge is -2.19. The van der Waals surface area contributed by atoms with Crippen LogP contribution in [0.3, 0.4) is 0 Å². The van der Waals surface area contributed by atoms with E-state index < -0.39 is 9.84 Å². The summed E-state index contributed by atoms with van der Waals surface area (Å²) in [5, 5.41) is 14.2. The third-order valence-electron chi connectivity index (χ3n) is 4.19. The van der Waals surface area contributed by atoms with E-state index >= 15 is 0 Å². The monoisotopic (exact) mass is 351 g/mol. The topological polar surface area (TPSA) is 66.4 Å².